The number of amides is 4. The summed E-state index contributed by atoms with van der Waals surface area (Å²) in [4.78, 5) is 55.8. The van der Waals surface area contributed by atoms with Crippen molar-refractivity contribution in [3.8, 4) is 11.5 Å². The minimum Gasteiger partial charge on any atom is -0.508 e. The van der Waals surface area contributed by atoms with Gasteiger partial charge in [-0.15, -0.1) is 0 Å². The first-order valence-electron chi connectivity index (χ1n) is 15.2. The van der Waals surface area contributed by atoms with Crippen LogP contribution >= 0.6 is 0 Å². The Bertz CT molecular complexity index is 1430. The van der Waals surface area contributed by atoms with Crippen LogP contribution in [0, 0.1) is 11.7 Å². The summed E-state index contributed by atoms with van der Waals surface area (Å²) in [6.45, 7) is 14.2. The summed E-state index contributed by atoms with van der Waals surface area (Å²) in [7, 11) is 2.82. The van der Waals surface area contributed by atoms with Gasteiger partial charge in [0, 0.05) is 33.0 Å². The van der Waals surface area contributed by atoms with Crippen LogP contribution < -0.4 is 11.1 Å². The lowest BCUT2D eigenvalue weighted by atomic mass is 9.84. The first-order valence-corrected chi connectivity index (χ1v) is 15.2. The van der Waals surface area contributed by atoms with Crippen LogP contribution in [0.15, 0.2) is 36.4 Å². The molecule has 0 heterocycles. The molecule has 0 unspecified atom stereocenters. The molecule has 4 amide bonds. The largest absolute Gasteiger partial charge is 0.508 e. The number of aromatic hydroxyl groups is 2. The molecule has 2 aromatic rings. The van der Waals surface area contributed by atoms with E-state index in [0.717, 1.165) is 6.07 Å². The van der Waals surface area contributed by atoms with Crippen LogP contribution in [-0.2, 0) is 37.4 Å². The zero-order chi connectivity index (χ0) is 35.3. The molecule has 0 aliphatic heterocycles. The average Bonchev–Trinajstić information content (AvgIpc) is 2.90. The maximum absolute atomic E-state index is 14.7. The molecule has 0 radical (unpaired) electrons. The summed E-state index contributed by atoms with van der Waals surface area (Å²) >= 11 is 0. The third-order valence-electron chi connectivity index (χ3n) is 7.54. The van der Waals surface area contributed by atoms with Gasteiger partial charge in [-0.05, 0) is 60.9 Å². The van der Waals surface area contributed by atoms with E-state index in [2.05, 4.69) is 5.32 Å². The van der Waals surface area contributed by atoms with E-state index in [1.807, 2.05) is 20.8 Å². The van der Waals surface area contributed by atoms with Gasteiger partial charge in [-0.2, -0.15) is 0 Å². The lowest BCUT2D eigenvalue weighted by Crippen LogP contribution is -2.59. The number of benzene rings is 2. The number of ether oxygens (including phenoxy) is 1. The fourth-order valence-corrected chi connectivity index (χ4v) is 5.18. The van der Waals surface area contributed by atoms with E-state index < -0.39 is 59.3 Å². The number of carbonyl (C=O) groups is 4. The number of phenolic OH excluding ortho intramolecular Hbond substituents is 2. The summed E-state index contributed by atoms with van der Waals surface area (Å²) in [6, 6.07) is 4.88. The Labute approximate surface area is 270 Å². The number of primary amides is 1. The zero-order valence-electron chi connectivity index (χ0n) is 28.5. The Kier molecular flexibility index (Phi) is 12.2. The first kappa shape index (κ1) is 37.8. The predicted molar refractivity (Wildman–Crippen MR) is 173 cm³/mol. The quantitative estimate of drug-likeness (QED) is 0.287. The third kappa shape index (κ3) is 10.1. The van der Waals surface area contributed by atoms with Gasteiger partial charge in [0.1, 0.15) is 41.0 Å². The maximum Gasteiger partial charge on any atom is 0.408 e. The molecule has 3 atom stereocenters. The van der Waals surface area contributed by atoms with Crippen LogP contribution in [0.3, 0.4) is 0 Å². The summed E-state index contributed by atoms with van der Waals surface area (Å²) in [6.07, 6.45) is -1.16. The fourth-order valence-electron chi connectivity index (χ4n) is 5.18. The second-order valence-corrected chi connectivity index (χ2v) is 14.0. The minimum absolute atomic E-state index is 0.0440. The van der Waals surface area contributed by atoms with Gasteiger partial charge in [-0.3, -0.25) is 14.4 Å². The Hall–Kier alpha value is -4.35. The lowest BCUT2D eigenvalue weighted by molar-refractivity contribution is -0.149. The predicted octanol–water partition coefficient (Wildman–Crippen LogP) is 4.01. The van der Waals surface area contributed by atoms with Crippen molar-refractivity contribution in [1.82, 2.24) is 15.1 Å². The van der Waals surface area contributed by atoms with Crippen molar-refractivity contribution in [1.29, 1.82) is 0 Å². The van der Waals surface area contributed by atoms with E-state index in [1.165, 1.54) is 42.1 Å². The molecule has 2 aromatic carbocycles. The van der Waals surface area contributed by atoms with Gasteiger partial charge in [-0.25, -0.2) is 9.18 Å². The number of nitrogens with two attached hydrogens (primary N) is 1. The zero-order valence-corrected chi connectivity index (χ0v) is 28.5. The van der Waals surface area contributed by atoms with Crippen molar-refractivity contribution < 1.29 is 38.5 Å². The highest BCUT2D eigenvalue weighted by molar-refractivity contribution is 5.93. The van der Waals surface area contributed by atoms with Crippen LogP contribution in [0.4, 0.5) is 9.18 Å². The first-order chi connectivity index (χ1) is 21.0. The van der Waals surface area contributed by atoms with E-state index in [4.69, 9.17) is 10.5 Å². The van der Waals surface area contributed by atoms with E-state index >= 15 is 0 Å². The molecule has 46 heavy (non-hydrogen) atoms. The summed E-state index contributed by atoms with van der Waals surface area (Å²) < 4.78 is 20.0. The Morgan fingerprint density at radius 2 is 1.52 bits per heavy atom. The van der Waals surface area contributed by atoms with E-state index in [-0.39, 0.29) is 35.3 Å². The number of halogens is 1. The third-order valence-corrected chi connectivity index (χ3v) is 7.54. The molecule has 254 valence electrons. The summed E-state index contributed by atoms with van der Waals surface area (Å²) in [5.74, 6) is -3.47. The van der Waals surface area contributed by atoms with Gasteiger partial charge in [0.05, 0.1) is 0 Å². The highest BCUT2D eigenvalue weighted by atomic mass is 19.1. The molecule has 0 spiro atoms. The molecule has 0 aliphatic rings. The number of nitrogens with zero attached hydrogens (tertiary/aromatic N) is 2. The number of rotatable bonds is 11. The van der Waals surface area contributed by atoms with Crippen molar-refractivity contribution >= 4 is 23.8 Å². The molecular weight excluding hydrogens is 595 g/mol. The average molecular weight is 645 g/mol. The van der Waals surface area contributed by atoms with Crippen LogP contribution in [0.25, 0.3) is 0 Å². The van der Waals surface area contributed by atoms with E-state index in [9.17, 15) is 33.8 Å². The topological polar surface area (TPSA) is 162 Å². The SMILES string of the molecule is CC(C)[C@@H](C(=O)N(C)[C@@H](Cc1ccc(O)c(C(C)(C)C)c1)C(N)=O)N(C)C(=O)[C@H](Cc1ccc(O)cc1F)NC(=O)OC(C)(C)C. The van der Waals surface area contributed by atoms with E-state index in [1.54, 1.807) is 46.8 Å². The van der Waals surface area contributed by atoms with E-state index in [0.29, 0.717) is 11.1 Å². The van der Waals surface area contributed by atoms with Gasteiger partial charge < -0.3 is 35.8 Å². The monoisotopic (exact) mass is 644 g/mol. The van der Waals surface area contributed by atoms with Crippen LogP contribution in [0.1, 0.15) is 72.1 Å². The smallest absolute Gasteiger partial charge is 0.408 e. The maximum atomic E-state index is 14.7. The number of likely N-dealkylation sites (N-methyl/N-ethyl adjacent to an activating group) is 2. The van der Waals surface area contributed by atoms with Gasteiger partial charge in [0.2, 0.25) is 17.7 Å². The van der Waals surface area contributed by atoms with Crippen molar-refractivity contribution in [2.45, 2.75) is 97.4 Å². The molecule has 11 nitrogen and oxygen atoms in total. The highest BCUT2D eigenvalue weighted by Gasteiger charge is 2.39. The molecular formula is C34H49FN4O7. The van der Waals surface area contributed by atoms with Crippen molar-refractivity contribution in [3.63, 3.8) is 0 Å². The second-order valence-electron chi connectivity index (χ2n) is 14.0. The van der Waals surface area contributed by atoms with Crippen LogP contribution in [-0.4, -0.2) is 81.6 Å². The Morgan fingerprint density at radius 3 is 2.02 bits per heavy atom. The lowest BCUT2D eigenvalue weighted by Gasteiger charge is -2.37. The number of hydrogen-bond acceptors (Lipinski definition) is 7. The molecule has 0 saturated heterocycles. The van der Waals surface area contributed by atoms with Crippen molar-refractivity contribution in [3.05, 3.63) is 58.9 Å². The van der Waals surface area contributed by atoms with Gasteiger partial charge in [0.25, 0.3) is 0 Å². The standard InChI is InChI=1S/C34H49FN4O7/c1-19(2)28(31(44)38(9)26(29(36)42)16-20-11-14-27(41)23(15-20)33(3,4)5)39(10)30(43)25(37-32(45)46-34(6,7)8)17-21-12-13-22(40)18-24(21)35/h11-15,18-19,25-26,28,40-41H,16-17H2,1-10H3,(H2,36,42)(H,37,45)/t25-,26-,28-/m0/s1. The normalized spacial score (nSPS) is 13.8. The number of phenols is 2. The number of carbonyl (C=O) groups excluding carboxylic acids is 4. The molecule has 12 heteroatoms. The molecule has 0 aliphatic carbocycles. The highest BCUT2D eigenvalue weighted by Crippen LogP contribution is 2.32. The molecule has 0 fully saturated rings. The van der Waals surface area contributed by atoms with Gasteiger partial charge in [0.15, 0.2) is 0 Å². The van der Waals surface area contributed by atoms with Crippen molar-refractivity contribution in [2.75, 3.05) is 14.1 Å². The Morgan fingerprint density at radius 1 is 0.913 bits per heavy atom. The van der Waals surface area contributed by atoms with Crippen LogP contribution in [0.2, 0.25) is 0 Å². The molecule has 0 saturated carbocycles. The molecule has 5 N–H and O–H groups in total. The summed E-state index contributed by atoms with van der Waals surface area (Å²) in [5.41, 5.74) is 5.89. The molecule has 2 rings (SSSR count). The van der Waals surface area contributed by atoms with Gasteiger partial charge >= 0.3 is 6.09 Å². The summed E-state index contributed by atoms with van der Waals surface area (Å²) in [5, 5.41) is 22.5. The minimum atomic E-state index is -1.35. The van der Waals surface area contributed by atoms with Gasteiger partial charge in [-0.1, -0.05) is 52.8 Å². The fraction of sp³-hybridized carbons (Fsp3) is 0.529. The second kappa shape index (κ2) is 14.8. The van der Waals surface area contributed by atoms with Crippen LogP contribution in [0.5, 0.6) is 11.5 Å². The molecule has 0 aromatic heterocycles. The number of alkyl carbamates (subject to hydrolysis) is 1. The number of hydrogen-bond donors (Lipinski definition) is 4. The Balaban J connectivity index is 2.43. The van der Waals surface area contributed by atoms with Crippen molar-refractivity contribution in [2.24, 2.45) is 11.7 Å². The molecule has 0 bridgehead atoms. The number of nitrogens with one attached hydrogen (secondary N) is 1.